The van der Waals surface area contributed by atoms with Crippen LogP contribution in [0.4, 0.5) is 0 Å². The maximum Gasteiger partial charge on any atom is 0.244 e. The van der Waals surface area contributed by atoms with Gasteiger partial charge in [0.15, 0.2) is 0 Å². The average molecular weight is 246 g/mol. The fourth-order valence-corrected chi connectivity index (χ4v) is 3.38. The van der Waals surface area contributed by atoms with Gasteiger partial charge in [0.25, 0.3) is 0 Å². The Kier molecular flexibility index (Phi) is 3.77. The van der Waals surface area contributed by atoms with Crippen LogP contribution in [0.15, 0.2) is 9.31 Å². The van der Waals surface area contributed by atoms with Crippen LogP contribution in [0, 0.1) is 13.8 Å². The SMILES string of the molecule is Cc1oc(C)c(S(=O)(=O)NC(C)C)c1CN. The molecule has 3 N–H and O–H groups in total. The van der Waals surface area contributed by atoms with E-state index in [2.05, 4.69) is 4.72 Å². The Hall–Kier alpha value is -0.850. The fraction of sp³-hybridized carbons (Fsp3) is 0.600. The van der Waals surface area contributed by atoms with Gasteiger partial charge in [-0.15, -0.1) is 0 Å². The largest absolute Gasteiger partial charge is 0.465 e. The van der Waals surface area contributed by atoms with Gasteiger partial charge in [-0.3, -0.25) is 0 Å². The van der Waals surface area contributed by atoms with E-state index in [0.29, 0.717) is 17.1 Å². The van der Waals surface area contributed by atoms with E-state index >= 15 is 0 Å². The number of nitrogens with two attached hydrogens (primary N) is 1. The Labute approximate surface area is 96.1 Å². The lowest BCUT2D eigenvalue weighted by Crippen LogP contribution is -2.31. The molecule has 1 heterocycles. The zero-order valence-electron chi connectivity index (χ0n) is 9.99. The van der Waals surface area contributed by atoms with E-state index in [0.717, 1.165) is 0 Å². The second-order valence-corrected chi connectivity index (χ2v) is 5.65. The van der Waals surface area contributed by atoms with Gasteiger partial charge in [-0.05, 0) is 27.7 Å². The van der Waals surface area contributed by atoms with Crippen LogP contribution < -0.4 is 10.5 Å². The second kappa shape index (κ2) is 4.57. The molecular formula is C10H18N2O3S. The molecule has 0 aliphatic rings. The van der Waals surface area contributed by atoms with Gasteiger partial charge in [0, 0.05) is 18.2 Å². The van der Waals surface area contributed by atoms with Crippen LogP contribution in [0.5, 0.6) is 0 Å². The minimum Gasteiger partial charge on any atom is -0.465 e. The lowest BCUT2D eigenvalue weighted by Gasteiger charge is -2.10. The number of furan rings is 1. The molecule has 1 aromatic heterocycles. The number of hydrogen-bond acceptors (Lipinski definition) is 4. The number of rotatable bonds is 4. The summed E-state index contributed by atoms with van der Waals surface area (Å²) in [5.41, 5.74) is 6.09. The molecule has 1 rings (SSSR count). The highest BCUT2D eigenvalue weighted by molar-refractivity contribution is 7.89. The van der Waals surface area contributed by atoms with Crippen LogP contribution in [-0.2, 0) is 16.6 Å². The molecule has 0 aliphatic heterocycles. The Morgan fingerprint density at radius 1 is 1.31 bits per heavy atom. The minimum absolute atomic E-state index is 0.150. The predicted octanol–water partition coefficient (Wildman–Crippen LogP) is 1.04. The van der Waals surface area contributed by atoms with E-state index < -0.39 is 10.0 Å². The highest BCUT2D eigenvalue weighted by Crippen LogP contribution is 2.26. The summed E-state index contributed by atoms with van der Waals surface area (Å²) in [6.07, 6.45) is 0. The summed E-state index contributed by atoms with van der Waals surface area (Å²) in [5.74, 6) is 0.940. The van der Waals surface area contributed by atoms with E-state index in [1.165, 1.54) is 0 Å². The maximum atomic E-state index is 12.0. The zero-order valence-corrected chi connectivity index (χ0v) is 10.8. The smallest absolute Gasteiger partial charge is 0.244 e. The molecule has 5 nitrogen and oxygen atoms in total. The van der Waals surface area contributed by atoms with Gasteiger partial charge in [-0.2, -0.15) is 0 Å². The number of aryl methyl sites for hydroxylation is 2. The van der Waals surface area contributed by atoms with E-state index in [1.54, 1.807) is 27.7 Å². The normalized spacial score (nSPS) is 12.4. The lowest BCUT2D eigenvalue weighted by atomic mass is 10.2. The third-order valence-corrected chi connectivity index (χ3v) is 4.04. The highest BCUT2D eigenvalue weighted by atomic mass is 32.2. The first-order chi connectivity index (χ1) is 7.29. The lowest BCUT2D eigenvalue weighted by molar-refractivity contribution is 0.493. The maximum absolute atomic E-state index is 12.0. The topological polar surface area (TPSA) is 85.3 Å². The molecule has 0 fully saturated rings. The minimum atomic E-state index is -3.54. The summed E-state index contributed by atoms with van der Waals surface area (Å²) in [5, 5.41) is 0. The van der Waals surface area contributed by atoms with Crippen molar-refractivity contribution in [2.24, 2.45) is 5.73 Å². The Balaban J connectivity index is 3.32. The van der Waals surface area contributed by atoms with E-state index in [-0.39, 0.29) is 17.5 Å². The summed E-state index contributed by atoms with van der Waals surface area (Å²) in [6, 6.07) is -0.162. The molecule has 0 saturated carbocycles. The third-order valence-electron chi connectivity index (χ3n) is 2.19. The van der Waals surface area contributed by atoms with Crippen LogP contribution in [0.3, 0.4) is 0 Å². The van der Waals surface area contributed by atoms with Crippen LogP contribution in [0.1, 0.15) is 30.9 Å². The first-order valence-corrected chi connectivity index (χ1v) is 6.59. The molecule has 0 spiro atoms. The quantitative estimate of drug-likeness (QED) is 0.831. The standard InChI is InChI=1S/C10H18N2O3S/c1-6(2)12-16(13,14)10-8(4)15-7(3)9(10)5-11/h6,12H,5,11H2,1-4H3. The molecular weight excluding hydrogens is 228 g/mol. The van der Waals surface area contributed by atoms with Crippen LogP contribution in [-0.4, -0.2) is 14.5 Å². The van der Waals surface area contributed by atoms with Gasteiger partial charge in [0.2, 0.25) is 10.0 Å². The van der Waals surface area contributed by atoms with Gasteiger partial charge < -0.3 is 10.2 Å². The number of nitrogens with one attached hydrogen (secondary N) is 1. The molecule has 1 aromatic rings. The first kappa shape index (κ1) is 13.2. The van der Waals surface area contributed by atoms with Crippen molar-refractivity contribution in [3.8, 4) is 0 Å². The molecule has 0 radical (unpaired) electrons. The monoisotopic (exact) mass is 246 g/mol. The summed E-state index contributed by atoms with van der Waals surface area (Å²) < 4.78 is 31.9. The molecule has 92 valence electrons. The highest BCUT2D eigenvalue weighted by Gasteiger charge is 2.26. The molecule has 0 unspecified atom stereocenters. The van der Waals surface area contributed by atoms with Crippen LogP contribution in [0.25, 0.3) is 0 Å². The van der Waals surface area contributed by atoms with Gasteiger partial charge >= 0.3 is 0 Å². The van der Waals surface area contributed by atoms with Crippen molar-refractivity contribution in [1.82, 2.24) is 4.72 Å². The van der Waals surface area contributed by atoms with Gasteiger partial charge in [-0.1, -0.05) is 0 Å². The van der Waals surface area contributed by atoms with Crippen molar-refractivity contribution in [2.45, 2.75) is 45.2 Å². The van der Waals surface area contributed by atoms with E-state index in [9.17, 15) is 8.42 Å². The van der Waals surface area contributed by atoms with Crippen LogP contribution in [0.2, 0.25) is 0 Å². The molecule has 0 atom stereocenters. The molecule has 0 amide bonds. The molecule has 6 heteroatoms. The Morgan fingerprint density at radius 2 is 1.88 bits per heavy atom. The summed E-state index contributed by atoms with van der Waals surface area (Å²) in [6.45, 7) is 7.02. The molecule has 16 heavy (non-hydrogen) atoms. The third kappa shape index (κ3) is 2.45. The number of hydrogen-bond donors (Lipinski definition) is 2. The Morgan fingerprint density at radius 3 is 2.31 bits per heavy atom. The van der Waals surface area contributed by atoms with Crippen molar-refractivity contribution < 1.29 is 12.8 Å². The van der Waals surface area contributed by atoms with E-state index in [4.69, 9.17) is 10.2 Å². The summed E-state index contributed by atoms with van der Waals surface area (Å²) >= 11 is 0. The molecule has 0 aromatic carbocycles. The van der Waals surface area contributed by atoms with Crippen LogP contribution >= 0.6 is 0 Å². The van der Waals surface area contributed by atoms with Gasteiger partial charge in [0.05, 0.1) is 0 Å². The fourth-order valence-electron chi connectivity index (χ4n) is 1.67. The molecule has 0 saturated heterocycles. The second-order valence-electron chi connectivity index (χ2n) is 4.00. The van der Waals surface area contributed by atoms with Crippen molar-refractivity contribution in [2.75, 3.05) is 0 Å². The van der Waals surface area contributed by atoms with E-state index in [1.807, 2.05) is 0 Å². The summed E-state index contributed by atoms with van der Waals surface area (Å²) in [7, 11) is -3.54. The first-order valence-electron chi connectivity index (χ1n) is 5.11. The molecule has 0 bridgehead atoms. The van der Waals surface area contributed by atoms with Crippen molar-refractivity contribution in [1.29, 1.82) is 0 Å². The average Bonchev–Trinajstić information content (AvgIpc) is 2.38. The number of sulfonamides is 1. The van der Waals surface area contributed by atoms with Crippen molar-refractivity contribution in [3.63, 3.8) is 0 Å². The Bertz CT molecular complexity index is 474. The summed E-state index contributed by atoms with van der Waals surface area (Å²) in [4.78, 5) is 0.182. The van der Waals surface area contributed by atoms with Gasteiger partial charge in [0.1, 0.15) is 16.4 Å². The zero-order chi connectivity index (χ0) is 12.5. The van der Waals surface area contributed by atoms with Crippen molar-refractivity contribution in [3.05, 3.63) is 17.1 Å². The predicted molar refractivity (Wildman–Crippen MR) is 61.5 cm³/mol. The van der Waals surface area contributed by atoms with Crippen molar-refractivity contribution >= 4 is 10.0 Å². The van der Waals surface area contributed by atoms with Gasteiger partial charge in [-0.25, -0.2) is 13.1 Å². The molecule has 0 aliphatic carbocycles.